The van der Waals surface area contributed by atoms with Gasteiger partial charge < -0.3 is 14.8 Å². The monoisotopic (exact) mass is 333 g/mol. The number of hydrogen-bond acceptors (Lipinski definition) is 3. The van der Waals surface area contributed by atoms with Crippen LogP contribution in [0.2, 0.25) is 0 Å². The van der Waals surface area contributed by atoms with Crippen LogP contribution in [-0.4, -0.2) is 13.7 Å². The molecule has 0 aromatic heterocycles. The van der Waals surface area contributed by atoms with E-state index < -0.39 is 0 Å². The molecule has 124 valence electrons. The van der Waals surface area contributed by atoms with E-state index in [9.17, 15) is 0 Å². The third-order valence-electron chi connectivity index (χ3n) is 4.14. The van der Waals surface area contributed by atoms with Gasteiger partial charge in [-0.05, 0) is 42.6 Å². The molecule has 2 aromatic rings. The van der Waals surface area contributed by atoms with E-state index in [1.54, 1.807) is 7.11 Å². The minimum absolute atomic E-state index is 0. The Morgan fingerprint density at radius 3 is 2.57 bits per heavy atom. The Kier molecular flexibility index (Phi) is 6.75. The summed E-state index contributed by atoms with van der Waals surface area (Å²) in [5, 5.41) is 3.58. The summed E-state index contributed by atoms with van der Waals surface area (Å²) in [5.41, 5.74) is 2.44. The first-order chi connectivity index (χ1) is 10.9. The molecule has 0 unspecified atom stereocenters. The Morgan fingerprint density at radius 1 is 1.04 bits per heavy atom. The van der Waals surface area contributed by atoms with E-state index in [4.69, 9.17) is 9.47 Å². The van der Waals surface area contributed by atoms with Gasteiger partial charge in [-0.3, -0.25) is 0 Å². The normalized spacial score (nSPS) is 17.2. The summed E-state index contributed by atoms with van der Waals surface area (Å²) < 4.78 is 11.4. The molecule has 4 heteroatoms. The fourth-order valence-electron chi connectivity index (χ4n) is 2.89. The first kappa shape index (κ1) is 17.6. The first-order valence-corrected chi connectivity index (χ1v) is 7.95. The maximum absolute atomic E-state index is 5.99. The van der Waals surface area contributed by atoms with E-state index in [2.05, 4.69) is 29.6 Å². The summed E-state index contributed by atoms with van der Waals surface area (Å²) in [5.74, 6) is 1.60. The maximum atomic E-state index is 5.99. The highest BCUT2D eigenvalue weighted by Crippen LogP contribution is 2.33. The Hall–Kier alpha value is -1.71. The number of ether oxygens (including phenoxy) is 2. The highest BCUT2D eigenvalue weighted by atomic mass is 35.5. The Labute approximate surface area is 144 Å². The minimum Gasteiger partial charge on any atom is -0.493 e. The van der Waals surface area contributed by atoms with Crippen molar-refractivity contribution in [3.05, 3.63) is 59.7 Å². The van der Waals surface area contributed by atoms with Gasteiger partial charge in [0, 0.05) is 6.04 Å². The lowest BCUT2D eigenvalue weighted by atomic mass is 9.97. The van der Waals surface area contributed by atoms with Gasteiger partial charge in [-0.15, -0.1) is 12.4 Å². The van der Waals surface area contributed by atoms with Crippen LogP contribution < -0.4 is 14.8 Å². The van der Waals surface area contributed by atoms with Crippen LogP contribution in [0.4, 0.5) is 0 Å². The molecule has 0 radical (unpaired) electrons. The molecule has 0 saturated carbocycles. The molecular weight excluding hydrogens is 310 g/mol. The van der Waals surface area contributed by atoms with Crippen molar-refractivity contribution < 1.29 is 9.47 Å². The summed E-state index contributed by atoms with van der Waals surface area (Å²) in [7, 11) is 1.68. The van der Waals surface area contributed by atoms with Crippen LogP contribution >= 0.6 is 12.4 Å². The predicted octanol–water partition coefficient (Wildman–Crippen LogP) is 4.51. The van der Waals surface area contributed by atoms with Crippen LogP contribution in [0.3, 0.4) is 0 Å². The average Bonchev–Trinajstić information content (AvgIpc) is 2.61. The Balaban J connectivity index is 0.00000192. The van der Waals surface area contributed by atoms with E-state index >= 15 is 0 Å². The number of methoxy groups -OCH3 is 1. The van der Waals surface area contributed by atoms with Gasteiger partial charge in [-0.25, -0.2) is 0 Å². The van der Waals surface area contributed by atoms with Crippen molar-refractivity contribution in [1.29, 1.82) is 0 Å². The fraction of sp³-hybridized carbons (Fsp3) is 0.368. The summed E-state index contributed by atoms with van der Waals surface area (Å²) >= 11 is 0. The van der Waals surface area contributed by atoms with Crippen molar-refractivity contribution in [3.63, 3.8) is 0 Å². The minimum atomic E-state index is 0. The molecular formula is C19H24ClNO2. The van der Waals surface area contributed by atoms with Gasteiger partial charge in [0.05, 0.1) is 7.11 Å². The molecule has 0 spiro atoms. The van der Waals surface area contributed by atoms with Gasteiger partial charge >= 0.3 is 0 Å². The SMILES string of the molecule is COc1ccc([C@H]2CCCCN2)cc1OCc1ccccc1.Cl. The molecule has 3 rings (SSSR count). The quantitative estimate of drug-likeness (QED) is 0.873. The first-order valence-electron chi connectivity index (χ1n) is 7.95. The Bertz CT molecular complexity index is 598. The zero-order valence-corrected chi connectivity index (χ0v) is 14.3. The number of hydrogen-bond donors (Lipinski definition) is 1. The average molecular weight is 334 g/mol. The van der Waals surface area contributed by atoms with E-state index in [0.717, 1.165) is 23.6 Å². The van der Waals surface area contributed by atoms with Crippen LogP contribution in [0.15, 0.2) is 48.5 Å². The molecule has 1 aliphatic rings. The van der Waals surface area contributed by atoms with Crippen LogP contribution in [0, 0.1) is 0 Å². The highest BCUT2D eigenvalue weighted by Gasteiger charge is 2.16. The summed E-state index contributed by atoms with van der Waals surface area (Å²) in [6, 6.07) is 16.9. The lowest BCUT2D eigenvalue weighted by Crippen LogP contribution is -2.26. The zero-order chi connectivity index (χ0) is 15.2. The topological polar surface area (TPSA) is 30.5 Å². The molecule has 2 aromatic carbocycles. The van der Waals surface area contributed by atoms with E-state index in [1.807, 2.05) is 24.3 Å². The number of benzene rings is 2. The molecule has 1 atom stereocenters. The number of halogens is 1. The van der Waals surface area contributed by atoms with E-state index in [1.165, 1.54) is 24.8 Å². The number of piperidine rings is 1. The van der Waals surface area contributed by atoms with Crippen molar-refractivity contribution in [3.8, 4) is 11.5 Å². The summed E-state index contributed by atoms with van der Waals surface area (Å²) in [4.78, 5) is 0. The Morgan fingerprint density at radius 2 is 1.87 bits per heavy atom. The largest absolute Gasteiger partial charge is 0.493 e. The highest BCUT2D eigenvalue weighted by molar-refractivity contribution is 5.85. The zero-order valence-electron chi connectivity index (χ0n) is 13.5. The number of nitrogens with one attached hydrogen (secondary N) is 1. The predicted molar refractivity (Wildman–Crippen MR) is 95.6 cm³/mol. The molecule has 0 amide bonds. The second-order valence-electron chi connectivity index (χ2n) is 5.69. The van der Waals surface area contributed by atoms with E-state index in [0.29, 0.717) is 12.6 Å². The van der Waals surface area contributed by atoms with Crippen molar-refractivity contribution in [2.45, 2.75) is 31.9 Å². The van der Waals surface area contributed by atoms with Crippen LogP contribution in [0.1, 0.15) is 36.4 Å². The van der Waals surface area contributed by atoms with Gasteiger partial charge in [0.1, 0.15) is 6.61 Å². The molecule has 1 heterocycles. The lowest BCUT2D eigenvalue weighted by molar-refractivity contribution is 0.283. The third-order valence-corrected chi connectivity index (χ3v) is 4.14. The molecule has 0 aliphatic carbocycles. The van der Waals surface area contributed by atoms with Gasteiger partial charge in [-0.1, -0.05) is 42.8 Å². The smallest absolute Gasteiger partial charge is 0.161 e. The molecule has 1 N–H and O–H groups in total. The molecule has 1 aliphatic heterocycles. The van der Waals surface area contributed by atoms with Crippen LogP contribution in [-0.2, 0) is 6.61 Å². The third kappa shape index (κ3) is 4.63. The molecule has 1 saturated heterocycles. The van der Waals surface area contributed by atoms with Gasteiger partial charge in [0.15, 0.2) is 11.5 Å². The second kappa shape index (κ2) is 8.80. The van der Waals surface area contributed by atoms with Crippen molar-refractivity contribution in [2.75, 3.05) is 13.7 Å². The van der Waals surface area contributed by atoms with Crippen molar-refractivity contribution in [2.24, 2.45) is 0 Å². The number of rotatable bonds is 5. The molecule has 1 fully saturated rings. The van der Waals surface area contributed by atoms with Gasteiger partial charge in [0.2, 0.25) is 0 Å². The standard InChI is InChI=1S/C19H23NO2.ClH/c1-21-18-11-10-16(17-9-5-6-12-20-17)13-19(18)22-14-15-7-3-2-4-8-15;/h2-4,7-8,10-11,13,17,20H,5-6,9,12,14H2,1H3;1H/t17-;/m1./s1. The van der Waals surface area contributed by atoms with Gasteiger partial charge in [0.25, 0.3) is 0 Å². The molecule has 3 nitrogen and oxygen atoms in total. The summed E-state index contributed by atoms with van der Waals surface area (Å²) in [6.07, 6.45) is 3.73. The van der Waals surface area contributed by atoms with Crippen LogP contribution in [0.5, 0.6) is 11.5 Å². The molecule has 23 heavy (non-hydrogen) atoms. The fourth-order valence-corrected chi connectivity index (χ4v) is 2.89. The van der Waals surface area contributed by atoms with Crippen molar-refractivity contribution >= 4 is 12.4 Å². The van der Waals surface area contributed by atoms with Crippen LogP contribution in [0.25, 0.3) is 0 Å². The lowest BCUT2D eigenvalue weighted by Gasteiger charge is -2.24. The molecule has 0 bridgehead atoms. The van der Waals surface area contributed by atoms with Gasteiger partial charge in [-0.2, -0.15) is 0 Å². The second-order valence-corrected chi connectivity index (χ2v) is 5.69. The van der Waals surface area contributed by atoms with E-state index in [-0.39, 0.29) is 12.4 Å². The summed E-state index contributed by atoms with van der Waals surface area (Å²) in [6.45, 7) is 1.65. The van der Waals surface area contributed by atoms with Crippen molar-refractivity contribution in [1.82, 2.24) is 5.32 Å². The maximum Gasteiger partial charge on any atom is 0.161 e.